The molecule has 10 heteroatoms. The Morgan fingerprint density at radius 3 is 2.68 bits per heavy atom. The number of amides is 3. The Hall–Kier alpha value is -3.43. The summed E-state index contributed by atoms with van der Waals surface area (Å²) in [5.74, 6) is 0.312. The van der Waals surface area contributed by atoms with E-state index in [9.17, 15) is 9.59 Å². The first kappa shape index (κ1) is 19.3. The van der Waals surface area contributed by atoms with Crippen LogP contribution in [0.25, 0.3) is 0 Å². The fourth-order valence-electron chi connectivity index (χ4n) is 3.02. The van der Waals surface area contributed by atoms with Crippen molar-refractivity contribution in [3.63, 3.8) is 0 Å². The van der Waals surface area contributed by atoms with Crippen LogP contribution in [0.4, 0.5) is 4.79 Å². The minimum Gasteiger partial charge on any atom is -0.385 e. The van der Waals surface area contributed by atoms with Crippen molar-refractivity contribution in [1.29, 1.82) is 5.41 Å². The highest BCUT2D eigenvalue weighted by Gasteiger charge is 2.38. The summed E-state index contributed by atoms with van der Waals surface area (Å²) in [6.45, 7) is 6.15. The quantitative estimate of drug-likeness (QED) is 0.549. The summed E-state index contributed by atoms with van der Waals surface area (Å²) in [5.41, 5.74) is 3.50. The van der Waals surface area contributed by atoms with Gasteiger partial charge in [0.1, 0.15) is 12.3 Å². The molecule has 0 saturated carbocycles. The van der Waals surface area contributed by atoms with Crippen LogP contribution in [0.15, 0.2) is 22.5 Å². The molecule has 10 nitrogen and oxygen atoms in total. The molecule has 1 fully saturated rings. The fraction of sp³-hybridized carbons (Fsp3) is 0.389. The van der Waals surface area contributed by atoms with E-state index in [0.29, 0.717) is 18.0 Å². The van der Waals surface area contributed by atoms with Gasteiger partial charge in [0.25, 0.3) is 5.91 Å². The fourth-order valence-corrected chi connectivity index (χ4v) is 3.02. The van der Waals surface area contributed by atoms with Gasteiger partial charge in [0.05, 0.1) is 23.6 Å². The van der Waals surface area contributed by atoms with E-state index in [1.54, 1.807) is 4.68 Å². The van der Waals surface area contributed by atoms with Crippen LogP contribution in [-0.2, 0) is 24.9 Å². The van der Waals surface area contributed by atoms with E-state index in [-0.39, 0.29) is 24.7 Å². The Morgan fingerprint density at radius 1 is 1.36 bits per heavy atom. The van der Waals surface area contributed by atoms with Crippen LogP contribution in [0.2, 0.25) is 0 Å². The maximum atomic E-state index is 12.7. The summed E-state index contributed by atoms with van der Waals surface area (Å²) >= 11 is 0. The lowest BCUT2D eigenvalue weighted by molar-refractivity contribution is -0.123. The lowest BCUT2D eigenvalue weighted by Crippen LogP contribution is -2.33. The molecule has 3 rings (SSSR count). The van der Waals surface area contributed by atoms with E-state index < -0.39 is 6.03 Å². The number of hydrogen-bond acceptors (Lipinski definition) is 7. The smallest absolute Gasteiger partial charge is 0.332 e. The number of nitrogens with one attached hydrogen (secondary N) is 2. The molecule has 1 saturated heterocycles. The molecular formula is C18H23N7O3. The van der Waals surface area contributed by atoms with E-state index in [4.69, 9.17) is 9.93 Å². The summed E-state index contributed by atoms with van der Waals surface area (Å²) in [6, 6.07) is 1.40. The minimum atomic E-state index is -0.470. The van der Waals surface area contributed by atoms with E-state index in [1.165, 1.54) is 11.1 Å². The van der Waals surface area contributed by atoms with Crippen molar-refractivity contribution < 1.29 is 14.1 Å². The standard InChI is InChI=1S/C18H23N7O3/c1-11-5-14(21-23(11)4)9-24-10-17(26)25(18(24)27)15(6-19)7-20-8-16-12(2)22-28-13(16)3/h5-7,19-20H,8-10H2,1-4H3/b15-7+,19-6?. The Bertz CT molecular complexity index is 918. The molecule has 1 aliphatic heterocycles. The molecule has 28 heavy (non-hydrogen) atoms. The van der Waals surface area contributed by atoms with Crippen molar-refractivity contribution in [3.8, 4) is 0 Å². The summed E-state index contributed by atoms with van der Waals surface area (Å²) < 4.78 is 6.82. The average Bonchev–Trinajstić information content (AvgIpc) is 3.23. The zero-order chi connectivity index (χ0) is 20.4. The monoisotopic (exact) mass is 385 g/mol. The normalized spacial score (nSPS) is 14.9. The van der Waals surface area contributed by atoms with Crippen LogP contribution in [0.1, 0.15) is 28.4 Å². The number of imide groups is 1. The predicted octanol–water partition coefficient (Wildman–Crippen LogP) is 1.38. The molecule has 0 bridgehead atoms. The lowest BCUT2D eigenvalue weighted by atomic mass is 10.2. The molecule has 0 aliphatic carbocycles. The van der Waals surface area contributed by atoms with Gasteiger partial charge in [-0.05, 0) is 26.8 Å². The molecule has 0 aromatic carbocycles. The molecule has 0 spiro atoms. The Balaban J connectivity index is 1.70. The van der Waals surface area contributed by atoms with Gasteiger partial charge in [-0.15, -0.1) is 0 Å². The topological polar surface area (TPSA) is 120 Å². The first-order valence-electron chi connectivity index (χ1n) is 8.79. The highest BCUT2D eigenvalue weighted by atomic mass is 16.5. The summed E-state index contributed by atoms with van der Waals surface area (Å²) in [5, 5.41) is 18.8. The molecule has 2 N–H and O–H groups in total. The second-order valence-electron chi connectivity index (χ2n) is 6.67. The Morgan fingerprint density at radius 2 is 2.11 bits per heavy atom. The lowest BCUT2D eigenvalue weighted by Gasteiger charge is -2.16. The Kier molecular flexibility index (Phi) is 5.30. The highest BCUT2D eigenvalue weighted by molar-refractivity contribution is 6.07. The zero-order valence-electron chi connectivity index (χ0n) is 16.3. The van der Waals surface area contributed by atoms with E-state index in [2.05, 4.69) is 15.6 Å². The molecule has 148 valence electrons. The van der Waals surface area contributed by atoms with Gasteiger partial charge in [0, 0.05) is 37.3 Å². The van der Waals surface area contributed by atoms with Crippen LogP contribution in [0, 0.1) is 26.2 Å². The molecule has 2 aromatic heterocycles. The zero-order valence-corrected chi connectivity index (χ0v) is 16.3. The van der Waals surface area contributed by atoms with Crippen molar-refractivity contribution >= 4 is 18.2 Å². The maximum Gasteiger partial charge on any atom is 0.332 e. The van der Waals surface area contributed by atoms with Crippen LogP contribution < -0.4 is 5.32 Å². The number of aryl methyl sites for hydroxylation is 4. The van der Waals surface area contributed by atoms with Crippen LogP contribution in [0.3, 0.4) is 0 Å². The SMILES string of the molecule is Cc1noc(C)c1CN/C=C(\C=N)N1C(=O)CN(Cc2cc(C)n(C)n2)C1=O. The first-order chi connectivity index (χ1) is 13.3. The third kappa shape index (κ3) is 3.66. The number of carbonyl (C=O) groups excluding carboxylic acids is 2. The summed E-state index contributed by atoms with van der Waals surface area (Å²) in [6.07, 6.45) is 2.45. The van der Waals surface area contributed by atoms with Crippen LogP contribution >= 0.6 is 0 Å². The largest absolute Gasteiger partial charge is 0.385 e. The van der Waals surface area contributed by atoms with Crippen molar-refractivity contribution in [2.45, 2.75) is 33.9 Å². The molecule has 0 radical (unpaired) electrons. The van der Waals surface area contributed by atoms with E-state index in [1.807, 2.05) is 33.9 Å². The molecule has 0 atom stereocenters. The summed E-state index contributed by atoms with van der Waals surface area (Å²) in [7, 11) is 1.82. The molecular weight excluding hydrogens is 362 g/mol. The first-order valence-corrected chi connectivity index (χ1v) is 8.79. The molecule has 0 unspecified atom stereocenters. The van der Waals surface area contributed by atoms with Crippen molar-refractivity contribution in [1.82, 2.24) is 30.1 Å². The van der Waals surface area contributed by atoms with Gasteiger partial charge in [-0.1, -0.05) is 5.16 Å². The maximum absolute atomic E-state index is 12.7. The number of hydrogen-bond donors (Lipinski definition) is 2. The van der Waals surface area contributed by atoms with E-state index >= 15 is 0 Å². The third-order valence-electron chi connectivity index (χ3n) is 4.67. The number of allylic oxidation sites excluding steroid dienone is 1. The second-order valence-corrected chi connectivity index (χ2v) is 6.67. The number of aromatic nitrogens is 3. The number of urea groups is 1. The second kappa shape index (κ2) is 7.67. The third-order valence-corrected chi connectivity index (χ3v) is 4.67. The molecule has 3 heterocycles. The number of carbonyl (C=O) groups is 2. The average molecular weight is 385 g/mol. The van der Waals surface area contributed by atoms with E-state index in [0.717, 1.165) is 28.1 Å². The highest BCUT2D eigenvalue weighted by Crippen LogP contribution is 2.18. The van der Waals surface area contributed by atoms with Crippen LogP contribution in [0.5, 0.6) is 0 Å². The van der Waals surface area contributed by atoms with Gasteiger partial charge in [0.15, 0.2) is 0 Å². The predicted molar refractivity (Wildman–Crippen MR) is 100 cm³/mol. The summed E-state index contributed by atoms with van der Waals surface area (Å²) in [4.78, 5) is 27.5. The molecule has 1 aliphatic rings. The minimum absolute atomic E-state index is 0.0521. The van der Waals surface area contributed by atoms with Crippen molar-refractivity contribution in [2.75, 3.05) is 6.54 Å². The van der Waals surface area contributed by atoms with Crippen molar-refractivity contribution in [2.24, 2.45) is 7.05 Å². The van der Waals surface area contributed by atoms with Gasteiger partial charge in [-0.2, -0.15) is 5.10 Å². The van der Waals surface area contributed by atoms with Gasteiger partial charge < -0.3 is 20.1 Å². The molecule has 2 aromatic rings. The van der Waals surface area contributed by atoms with Gasteiger partial charge >= 0.3 is 6.03 Å². The number of nitrogens with zero attached hydrogens (tertiary/aromatic N) is 5. The van der Waals surface area contributed by atoms with Gasteiger partial charge in [0.2, 0.25) is 0 Å². The number of rotatable bonds is 7. The molecule has 3 amide bonds. The van der Waals surface area contributed by atoms with Gasteiger partial charge in [-0.25, -0.2) is 9.69 Å². The van der Waals surface area contributed by atoms with Crippen LogP contribution in [-0.4, -0.2) is 49.4 Å². The Labute approximate surface area is 162 Å². The van der Waals surface area contributed by atoms with Crippen molar-refractivity contribution in [3.05, 3.63) is 46.4 Å². The van der Waals surface area contributed by atoms with Gasteiger partial charge in [-0.3, -0.25) is 9.48 Å².